The van der Waals surface area contributed by atoms with E-state index in [1.165, 1.54) is 24.4 Å². The summed E-state index contributed by atoms with van der Waals surface area (Å²) in [6.07, 6.45) is -0.888. The number of pyridine rings is 1. The first-order valence-corrected chi connectivity index (χ1v) is 24.0. The van der Waals surface area contributed by atoms with E-state index in [0.717, 1.165) is 18.9 Å². The van der Waals surface area contributed by atoms with Crippen LogP contribution in [-0.2, 0) is 49.2 Å². The normalized spacial score (nSPS) is 24.2. The van der Waals surface area contributed by atoms with Crippen molar-refractivity contribution in [2.45, 2.75) is 94.6 Å². The van der Waals surface area contributed by atoms with Crippen LogP contribution in [0.25, 0.3) is 21.8 Å². The number of hydrogen-bond donors (Lipinski definition) is 6. The average molecular weight is 921 g/mol. The molecule has 15 nitrogen and oxygen atoms in total. The van der Waals surface area contributed by atoms with E-state index in [0.29, 0.717) is 40.5 Å². The number of rotatable bonds is 15. The van der Waals surface area contributed by atoms with Crippen LogP contribution in [0, 0.1) is 23.7 Å². The standard InChI is InChI=1S/C45H52N4O11S3/c1-8-9-10-11-12-14-34(36-29(19-22-63(7)61)32(51)24-33(52)38(36)49-44(56)57-5)59-43-40(60-35(53)15-13-20-46-25(2)3)42(55)45(62-6,26(4)58-43)41(54)39-37-28(18-21-47-39)30-23-27(50)16-17-31(30)48-37/h10-11,16-19,21,23,25-26,32,34,40,42-43,46,48,50-51,55H,13,15,20,22,24H2,1-7H3,(H,49,56)/b11-10-,29-19-/t26?,32-,34-,40?,42?,43?,45?,63?/m0/s1. The molecule has 6 unspecified atom stereocenters. The van der Waals surface area contributed by atoms with E-state index in [4.69, 9.17) is 30.1 Å². The molecule has 0 bridgehead atoms. The van der Waals surface area contributed by atoms with Crippen LogP contribution in [0.15, 0.2) is 65.5 Å². The van der Waals surface area contributed by atoms with Gasteiger partial charge in [0.05, 0.1) is 30.5 Å². The molecule has 1 saturated heterocycles. The highest BCUT2D eigenvalue weighted by molar-refractivity contribution is 8.28. The summed E-state index contributed by atoms with van der Waals surface area (Å²) >= 11 is 6.43. The Labute approximate surface area is 377 Å². The number of carbonyl (C=O) groups is 4. The fourth-order valence-electron chi connectivity index (χ4n) is 7.43. The van der Waals surface area contributed by atoms with Gasteiger partial charge in [-0.2, -0.15) is 0 Å². The summed E-state index contributed by atoms with van der Waals surface area (Å²) in [5, 5.41) is 41.2. The Kier molecular flexibility index (Phi) is 17.3. The molecule has 1 aromatic carbocycles. The number of aliphatic hydroxyl groups is 2. The first-order valence-electron chi connectivity index (χ1n) is 20.1. The van der Waals surface area contributed by atoms with E-state index in [1.54, 1.807) is 44.4 Å². The number of benzene rings is 1. The number of thioether (sulfide) groups is 1. The number of ketones is 2. The smallest absolute Gasteiger partial charge is 0.411 e. The van der Waals surface area contributed by atoms with Crippen molar-refractivity contribution in [3.63, 3.8) is 0 Å². The molecule has 2 aliphatic rings. The Morgan fingerprint density at radius 1 is 1.19 bits per heavy atom. The van der Waals surface area contributed by atoms with Crippen LogP contribution in [0.5, 0.6) is 5.75 Å². The molecule has 63 heavy (non-hydrogen) atoms. The highest BCUT2D eigenvalue weighted by Gasteiger charge is 2.61. The highest BCUT2D eigenvalue weighted by atomic mass is 32.8. The fourth-order valence-corrected chi connectivity index (χ4v) is 9.09. The molecule has 0 saturated carbocycles. The third-order valence-corrected chi connectivity index (χ3v) is 12.9. The van der Waals surface area contributed by atoms with Crippen molar-refractivity contribution in [2.75, 3.05) is 31.9 Å². The molecule has 0 spiro atoms. The van der Waals surface area contributed by atoms with Crippen LogP contribution in [0.2, 0.25) is 0 Å². The van der Waals surface area contributed by atoms with Crippen molar-refractivity contribution < 1.29 is 53.4 Å². The number of esters is 1. The van der Waals surface area contributed by atoms with Crippen LogP contribution in [0.3, 0.4) is 0 Å². The zero-order valence-electron chi connectivity index (χ0n) is 36.0. The third-order valence-electron chi connectivity index (χ3n) is 10.4. The number of hydrogen-bond acceptors (Lipinski definition) is 15. The number of phenolic OH excluding ortho intramolecular Hbond substituents is 1. The maximum atomic E-state index is 15.1. The van der Waals surface area contributed by atoms with Crippen LogP contribution in [-0.4, -0.2) is 128 Å². The predicted octanol–water partition coefficient (Wildman–Crippen LogP) is 4.05. The van der Waals surface area contributed by atoms with Gasteiger partial charge in [0.15, 0.2) is 18.2 Å². The Morgan fingerprint density at radius 2 is 1.94 bits per heavy atom. The Bertz CT molecular complexity index is 2480. The van der Waals surface area contributed by atoms with E-state index < -0.39 is 81.1 Å². The van der Waals surface area contributed by atoms with Crippen molar-refractivity contribution in [1.82, 2.24) is 20.6 Å². The number of methoxy groups -OCH3 is 1. The molecule has 5 rings (SSSR count). The number of carbonyl (C=O) groups excluding carboxylic acids is 4. The van der Waals surface area contributed by atoms with Gasteiger partial charge in [-0.25, -0.2) is 4.79 Å². The van der Waals surface area contributed by atoms with Gasteiger partial charge in [-0.3, -0.25) is 24.7 Å². The molecule has 2 aromatic heterocycles. The second-order valence-corrected chi connectivity index (χ2v) is 19.3. The number of ether oxygens (including phenoxy) is 4. The lowest BCUT2D eigenvalue weighted by molar-refractivity contribution is -0.278. The highest BCUT2D eigenvalue weighted by Crippen LogP contribution is 2.45. The zero-order chi connectivity index (χ0) is 46.0. The lowest BCUT2D eigenvalue weighted by atomic mass is 9.82. The molecule has 8 atom stereocenters. The van der Waals surface area contributed by atoms with E-state index >= 15 is 4.79 Å². The summed E-state index contributed by atoms with van der Waals surface area (Å²) in [4.78, 5) is 62.9. The molecule has 3 aromatic rings. The Morgan fingerprint density at radius 3 is 2.62 bits per heavy atom. The topological polar surface area (TPSA) is 219 Å². The van der Waals surface area contributed by atoms with Gasteiger partial charge in [0.1, 0.15) is 28.4 Å². The predicted molar refractivity (Wildman–Crippen MR) is 245 cm³/mol. The number of fused-ring (bicyclic) bond motifs is 3. The van der Waals surface area contributed by atoms with Gasteiger partial charge in [-0.15, -0.1) is 27.1 Å². The number of Topliss-reactive ketones (excluding diaryl/α,β-unsaturated/α-hetero) is 2. The van der Waals surface area contributed by atoms with Crippen molar-refractivity contribution >= 4 is 77.8 Å². The van der Waals surface area contributed by atoms with Gasteiger partial charge >= 0.3 is 12.1 Å². The van der Waals surface area contributed by atoms with E-state index in [-0.39, 0.29) is 40.7 Å². The van der Waals surface area contributed by atoms with Crippen LogP contribution in [0.4, 0.5) is 4.79 Å². The quantitative estimate of drug-likeness (QED) is 0.0549. The SMILES string of the molecule is CC#C/C=C\C#C[C@H](OC1OC(C)C(SC)(C(=O)c2nccc3c2[nH]c2ccc(O)cc23)C(O)C1OC(=O)CCCNC(C)C)C1=C(NC(=O)OC)C(=O)C[C@H](O)/C1=C/CS(C)=S. The molecule has 1 amide bonds. The lowest BCUT2D eigenvalue weighted by Gasteiger charge is -2.49. The molecule has 0 radical (unpaired) electrons. The number of amides is 1. The number of alkyl carbamates (subject to hydrolysis) is 1. The van der Waals surface area contributed by atoms with Crippen LogP contribution < -0.4 is 10.6 Å². The minimum atomic E-state index is -1.87. The number of aromatic hydroxyl groups is 1. The van der Waals surface area contributed by atoms with Gasteiger partial charge < -0.3 is 44.6 Å². The maximum Gasteiger partial charge on any atom is 0.411 e. The van der Waals surface area contributed by atoms with Crippen LogP contribution in [0.1, 0.15) is 57.4 Å². The maximum absolute atomic E-state index is 15.1. The number of allylic oxidation sites excluding steroid dienone is 3. The summed E-state index contributed by atoms with van der Waals surface area (Å²) in [5.41, 5.74) is 0.823. The summed E-state index contributed by atoms with van der Waals surface area (Å²) < 4.78 is 22.2. The van der Waals surface area contributed by atoms with Gasteiger partial charge in [0, 0.05) is 52.7 Å². The number of nitrogens with one attached hydrogen (secondary N) is 3. The molecular formula is C45H52N4O11S3. The van der Waals surface area contributed by atoms with Gasteiger partial charge in [0.25, 0.3) is 0 Å². The number of aromatic nitrogens is 2. The average Bonchev–Trinajstić information content (AvgIpc) is 3.61. The molecule has 1 fully saturated rings. The Balaban J connectivity index is 1.67. The first-order chi connectivity index (χ1) is 30.1. The number of nitrogens with zero attached hydrogens (tertiary/aromatic N) is 1. The van der Waals surface area contributed by atoms with Crippen molar-refractivity contribution in [2.24, 2.45) is 0 Å². The molecule has 1 aliphatic carbocycles. The van der Waals surface area contributed by atoms with Crippen molar-refractivity contribution in [1.29, 1.82) is 0 Å². The summed E-state index contributed by atoms with van der Waals surface area (Å²) in [5.74, 6) is 9.55. The third kappa shape index (κ3) is 11.3. The molecule has 6 N–H and O–H groups in total. The lowest BCUT2D eigenvalue weighted by Crippen LogP contribution is -2.68. The van der Waals surface area contributed by atoms with Crippen LogP contribution >= 0.6 is 11.8 Å². The number of aromatic amines is 1. The molecule has 18 heteroatoms. The van der Waals surface area contributed by atoms with Gasteiger partial charge in [-0.1, -0.05) is 48.9 Å². The summed E-state index contributed by atoms with van der Waals surface area (Å²) in [7, 11) is 0.540. The summed E-state index contributed by atoms with van der Waals surface area (Å²) in [6, 6.07) is 6.61. The number of phenols is 1. The second kappa shape index (κ2) is 22.1. The van der Waals surface area contributed by atoms with E-state index in [2.05, 4.69) is 44.3 Å². The fraction of sp³-hybridized carbons (Fsp3) is 0.444. The number of H-pyrrole nitrogens is 1. The largest absolute Gasteiger partial charge is 0.508 e. The van der Waals surface area contributed by atoms with E-state index in [1.807, 2.05) is 20.1 Å². The second-order valence-electron chi connectivity index (χ2n) is 15.0. The summed E-state index contributed by atoms with van der Waals surface area (Å²) in [6.45, 7) is 7.63. The van der Waals surface area contributed by atoms with Crippen molar-refractivity contribution in [3.05, 3.63) is 71.2 Å². The minimum Gasteiger partial charge on any atom is -0.508 e. The van der Waals surface area contributed by atoms with E-state index in [9.17, 15) is 29.7 Å². The minimum absolute atomic E-state index is 0.0247. The number of aliphatic hydroxyl groups excluding tert-OH is 2. The first kappa shape index (κ1) is 49.1. The molecule has 3 heterocycles. The molecule has 1 aliphatic heterocycles. The van der Waals surface area contributed by atoms with Crippen molar-refractivity contribution in [3.8, 4) is 29.4 Å². The Hall–Kier alpha value is -4.89. The van der Waals surface area contributed by atoms with Gasteiger partial charge in [-0.05, 0) is 81.3 Å². The molecular weight excluding hydrogens is 869 g/mol. The molecule has 336 valence electrons. The van der Waals surface area contributed by atoms with Gasteiger partial charge in [0.2, 0.25) is 5.78 Å². The zero-order valence-corrected chi connectivity index (χ0v) is 38.4. The monoisotopic (exact) mass is 920 g/mol.